The molecule has 8 heteroatoms. The van der Waals surface area contributed by atoms with Gasteiger partial charge in [-0.05, 0) is 79.1 Å². The highest BCUT2D eigenvalue weighted by Crippen LogP contribution is 2.27. The zero-order valence-corrected chi connectivity index (χ0v) is 22.2. The van der Waals surface area contributed by atoms with Gasteiger partial charge in [0.15, 0.2) is 11.0 Å². The van der Waals surface area contributed by atoms with Crippen LogP contribution in [0.3, 0.4) is 0 Å². The second-order valence-corrected chi connectivity index (χ2v) is 10.4. The lowest BCUT2D eigenvalue weighted by Gasteiger charge is -2.12. The van der Waals surface area contributed by atoms with E-state index in [4.69, 9.17) is 0 Å². The molecule has 33 heavy (non-hydrogen) atoms. The van der Waals surface area contributed by atoms with E-state index in [9.17, 15) is 4.79 Å². The van der Waals surface area contributed by atoms with Gasteiger partial charge in [0.25, 0.3) is 5.91 Å². The lowest BCUT2D eigenvalue weighted by Crippen LogP contribution is -2.24. The molecule has 0 saturated carbocycles. The van der Waals surface area contributed by atoms with Gasteiger partial charge in [0.1, 0.15) is 0 Å². The van der Waals surface area contributed by atoms with E-state index in [1.54, 1.807) is 11.8 Å². The van der Waals surface area contributed by atoms with E-state index < -0.39 is 0 Å². The molecule has 0 aliphatic heterocycles. The Labute approximate surface area is 214 Å². The van der Waals surface area contributed by atoms with Gasteiger partial charge >= 0.3 is 0 Å². The number of aromatic nitrogens is 3. The summed E-state index contributed by atoms with van der Waals surface area (Å²) >= 11 is 8.58. The molecule has 0 bridgehead atoms. The van der Waals surface area contributed by atoms with Gasteiger partial charge in [-0.15, -0.1) is 10.2 Å². The summed E-state index contributed by atoms with van der Waals surface area (Å²) < 4.78 is 4.04. The minimum atomic E-state index is -0.132. The SMILES string of the molecule is Cc1ccc(C(=O)NCc2nnc(SCc3ccc(Br)cc3)n2-c2ccc(Br)cc2)cc1C. The third kappa shape index (κ3) is 5.93. The molecule has 0 saturated heterocycles. The highest BCUT2D eigenvalue weighted by Gasteiger charge is 2.16. The zero-order chi connectivity index (χ0) is 23.4. The number of hydrogen-bond donors (Lipinski definition) is 1. The number of rotatable bonds is 7. The van der Waals surface area contributed by atoms with Crippen molar-refractivity contribution in [2.75, 3.05) is 0 Å². The zero-order valence-electron chi connectivity index (χ0n) is 18.2. The van der Waals surface area contributed by atoms with Crippen molar-refractivity contribution in [1.29, 1.82) is 0 Å². The molecule has 4 rings (SSSR count). The third-order valence-electron chi connectivity index (χ3n) is 5.24. The van der Waals surface area contributed by atoms with E-state index in [1.165, 1.54) is 5.56 Å². The summed E-state index contributed by atoms with van der Waals surface area (Å²) in [6, 6.07) is 21.9. The van der Waals surface area contributed by atoms with Crippen molar-refractivity contribution < 1.29 is 4.79 Å². The van der Waals surface area contributed by atoms with Gasteiger partial charge in [-0.25, -0.2) is 0 Å². The van der Waals surface area contributed by atoms with Crippen LogP contribution in [-0.4, -0.2) is 20.7 Å². The Morgan fingerprint density at radius 1 is 0.909 bits per heavy atom. The fourth-order valence-corrected chi connectivity index (χ4v) is 4.69. The number of halogens is 2. The Morgan fingerprint density at radius 3 is 2.24 bits per heavy atom. The minimum Gasteiger partial charge on any atom is -0.345 e. The van der Waals surface area contributed by atoms with Crippen LogP contribution in [0.2, 0.25) is 0 Å². The lowest BCUT2D eigenvalue weighted by molar-refractivity contribution is 0.0949. The number of carbonyl (C=O) groups excluding carboxylic acids is 1. The first-order valence-corrected chi connectivity index (χ1v) is 12.9. The van der Waals surface area contributed by atoms with Gasteiger partial charge in [-0.1, -0.05) is 61.8 Å². The van der Waals surface area contributed by atoms with Crippen LogP contribution >= 0.6 is 43.6 Å². The molecule has 0 unspecified atom stereocenters. The van der Waals surface area contributed by atoms with Crippen molar-refractivity contribution >= 4 is 49.5 Å². The quantitative estimate of drug-likeness (QED) is 0.247. The number of thioether (sulfide) groups is 1. The van der Waals surface area contributed by atoms with Gasteiger partial charge in [0.2, 0.25) is 0 Å². The largest absolute Gasteiger partial charge is 0.345 e. The van der Waals surface area contributed by atoms with E-state index in [2.05, 4.69) is 59.5 Å². The number of carbonyl (C=O) groups is 1. The summed E-state index contributed by atoms with van der Waals surface area (Å²) in [6.07, 6.45) is 0. The Hall–Kier alpha value is -2.42. The van der Waals surface area contributed by atoms with E-state index in [0.717, 1.165) is 36.7 Å². The smallest absolute Gasteiger partial charge is 0.251 e. The average molecular weight is 586 g/mol. The molecule has 1 heterocycles. The second kappa shape index (κ2) is 10.7. The summed E-state index contributed by atoms with van der Waals surface area (Å²) in [6.45, 7) is 4.31. The summed E-state index contributed by atoms with van der Waals surface area (Å²) in [5.41, 5.74) is 5.02. The normalized spacial score (nSPS) is 10.9. The topological polar surface area (TPSA) is 59.8 Å². The molecule has 168 valence electrons. The number of amides is 1. The van der Waals surface area contributed by atoms with Gasteiger partial charge in [-0.2, -0.15) is 0 Å². The fraction of sp³-hybridized carbons (Fsp3) is 0.160. The molecule has 1 N–H and O–H groups in total. The van der Waals surface area contributed by atoms with E-state index in [-0.39, 0.29) is 12.5 Å². The average Bonchev–Trinajstić information content (AvgIpc) is 3.22. The van der Waals surface area contributed by atoms with Crippen molar-refractivity contribution in [3.05, 3.63) is 104 Å². The van der Waals surface area contributed by atoms with Crippen molar-refractivity contribution in [3.63, 3.8) is 0 Å². The summed E-state index contributed by atoms with van der Waals surface area (Å²) in [5, 5.41) is 12.6. The summed E-state index contributed by atoms with van der Waals surface area (Å²) in [4.78, 5) is 12.7. The maximum Gasteiger partial charge on any atom is 0.251 e. The fourth-order valence-electron chi connectivity index (χ4n) is 3.23. The maximum absolute atomic E-state index is 12.7. The molecule has 1 amide bonds. The maximum atomic E-state index is 12.7. The molecule has 0 fully saturated rings. The predicted octanol–water partition coefficient (Wildman–Crippen LogP) is 6.63. The van der Waals surface area contributed by atoms with Crippen LogP contribution in [0.1, 0.15) is 32.9 Å². The Kier molecular flexibility index (Phi) is 7.67. The number of nitrogens with one attached hydrogen (secondary N) is 1. The van der Waals surface area contributed by atoms with E-state index in [1.807, 2.05) is 73.0 Å². The van der Waals surface area contributed by atoms with E-state index in [0.29, 0.717) is 11.4 Å². The molecule has 0 radical (unpaired) electrons. The molecule has 4 aromatic rings. The Bertz CT molecular complexity index is 1270. The second-order valence-electron chi connectivity index (χ2n) is 7.61. The monoisotopic (exact) mass is 584 g/mol. The molecule has 5 nitrogen and oxygen atoms in total. The number of aryl methyl sites for hydroxylation is 2. The van der Waals surface area contributed by atoms with Crippen LogP contribution in [0.5, 0.6) is 0 Å². The molecule has 3 aromatic carbocycles. The van der Waals surface area contributed by atoms with Crippen LogP contribution in [0, 0.1) is 13.8 Å². The van der Waals surface area contributed by atoms with Crippen LogP contribution in [0.15, 0.2) is 80.8 Å². The molecular weight excluding hydrogens is 564 g/mol. The molecule has 1 aromatic heterocycles. The molecule has 0 aliphatic rings. The summed E-state index contributed by atoms with van der Waals surface area (Å²) in [5.74, 6) is 1.30. The summed E-state index contributed by atoms with van der Waals surface area (Å²) in [7, 11) is 0. The van der Waals surface area contributed by atoms with Gasteiger partial charge in [0.05, 0.1) is 6.54 Å². The van der Waals surface area contributed by atoms with Crippen molar-refractivity contribution in [2.45, 2.75) is 31.3 Å². The van der Waals surface area contributed by atoms with E-state index >= 15 is 0 Å². The van der Waals surface area contributed by atoms with Gasteiger partial charge in [0, 0.05) is 25.9 Å². The standard InChI is InChI=1S/C25H22Br2N4OS/c1-16-3-6-19(13-17(16)2)24(32)28-14-23-29-30-25(31(23)22-11-9-21(27)10-12-22)33-15-18-4-7-20(26)8-5-18/h3-13H,14-15H2,1-2H3,(H,28,32). The third-order valence-corrected chi connectivity index (χ3v) is 7.30. The van der Waals surface area contributed by atoms with Gasteiger partial charge in [-0.3, -0.25) is 9.36 Å². The van der Waals surface area contributed by atoms with Crippen molar-refractivity contribution in [3.8, 4) is 5.69 Å². The highest BCUT2D eigenvalue weighted by molar-refractivity contribution is 9.10. The van der Waals surface area contributed by atoms with Crippen molar-refractivity contribution in [2.24, 2.45) is 0 Å². The number of hydrogen-bond acceptors (Lipinski definition) is 4. The Morgan fingerprint density at radius 2 is 1.58 bits per heavy atom. The highest BCUT2D eigenvalue weighted by atomic mass is 79.9. The van der Waals surface area contributed by atoms with Crippen molar-refractivity contribution in [1.82, 2.24) is 20.1 Å². The molecule has 0 aliphatic carbocycles. The first-order valence-electron chi connectivity index (χ1n) is 10.3. The molecule has 0 spiro atoms. The first-order chi connectivity index (χ1) is 15.9. The van der Waals surface area contributed by atoms with Crippen LogP contribution in [0.4, 0.5) is 0 Å². The van der Waals surface area contributed by atoms with Gasteiger partial charge < -0.3 is 5.32 Å². The molecule has 0 atom stereocenters. The van der Waals surface area contributed by atoms with Crippen LogP contribution in [-0.2, 0) is 12.3 Å². The number of benzene rings is 3. The molecular formula is C25H22Br2N4OS. The van der Waals surface area contributed by atoms with Crippen LogP contribution < -0.4 is 5.32 Å². The Balaban J connectivity index is 1.56. The lowest BCUT2D eigenvalue weighted by atomic mass is 10.1. The number of nitrogens with zero attached hydrogens (tertiary/aromatic N) is 3. The minimum absolute atomic E-state index is 0.132. The predicted molar refractivity (Wildman–Crippen MR) is 140 cm³/mol. The first kappa shape index (κ1) is 23.7. The van der Waals surface area contributed by atoms with Crippen LogP contribution in [0.25, 0.3) is 5.69 Å².